The number of hydrogen-bond acceptors (Lipinski definition) is 5. The van der Waals surface area contributed by atoms with Crippen LogP contribution in [0.15, 0.2) is 54.1 Å². The highest BCUT2D eigenvalue weighted by Gasteiger charge is 2.19. The van der Waals surface area contributed by atoms with E-state index in [2.05, 4.69) is 5.32 Å². The molecule has 0 heterocycles. The van der Waals surface area contributed by atoms with Gasteiger partial charge in [-0.25, -0.2) is 0 Å². The molecule has 0 atom stereocenters. The molecule has 0 radical (unpaired) electrons. The lowest BCUT2D eigenvalue weighted by molar-refractivity contribution is -0.384. The van der Waals surface area contributed by atoms with E-state index in [1.165, 1.54) is 18.2 Å². The third-order valence-electron chi connectivity index (χ3n) is 4.79. The third kappa shape index (κ3) is 5.42. The number of ether oxygens (including phenoxy) is 1. The number of nitrogens with zero attached hydrogens (tertiary/aromatic N) is 2. The summed E-state index contributed by atoms with van der Waals surface area (Å²) in [5, 5.41) is 23.3. The summed E-state index contributed by atoms with van der Waals surface area (Å²) in [6.45, 7) is 0.128. The van der Waals surface area contributed by atoms with Gasteiger partial charge in [0, 0.05) is 23.7 Å². The maximum atomic E-state index is 12.4. The van der Waals surface area contributed by atoms with E-state index in [1.54, 1.807) is 36.4 Å². The Kier molecular flexibility index (Phi) is 6.59. The Morgan fingerprint density at radius 2 is 2.00 bits per heavy atom. The molecule has 0 aromatic heterocycles. The molecular formula is C22H21N3O4. The average molecular weight is 391 g/mol. The van der Waals surface area contributed by atoms with E-state index in [0.717, 1.165) is 25.7 Å². The zero-order chi connectivity index (χ0) is 20.6. The summed E-state index contributed by atoms with van der Waals surface area (Å²) in [7, 11) is 0. The van der Waals surface area contributed by atoms with Crippen LogP contribution in [0.3, 0.4) is 0 Å². The summed E-state index contributed by atoms with van der Waals surface area (Å²) in [4.78, 5) is 22.9. The van der Waals surface area contributed by atoms with Crippen molar-refractivity contribution < 1.29 is 14.5 Å². The minimum atomic E-state index is -0.456. The van der Waals surface area contributed by atoms with Gasteiger partial charge >= 0.3 is 0 Å². The minimum absolute atomic E-state index is 0.00497. The number of nitrogens with one attached hydrogen (secondary N) is 1. The van der Waals surface area contributed by atoms with Crippen LogP contribution < -0.4 is 10.1 Å². The number of rotatable bonds is 7. The SMILES string of the molecule is N#C/C(=C/c1ccccc1OCc1cccc([N+](=O)[O-])c1)C(=O)NC1CCCC1. The predicted molar refractivity (Wildman–Crippen MR) is 108 cm³/mol. The van der Waals surface area contributed by atoms with Gasteiger partial charge in [-0.1, -0.05) is 43.2 Å². The van der Waals surface area contributed by atoms with Crippen molar-refractivity contribution in [3.63, 3.8) is 0 Å². The van der Waals surface area contributed by atoms with Crippen LogP contribution in [0, 0.1) is 21.4 Å². The van der Waals surface area contributed by atoms with E-state index in [9.17, 15) is 20.2 Å². The number of nitro benzene ring substituents is 1. The standard InChI is InChI=1S/C22H21N3O4/c23-14-18(22(26)24-19-8-2-3-9-19)13-17-7-1-4-11-21(17)29-15-16-6-5-10-20(12-16)25(27)28/h1,4-7,10-13,19H,2-3,8-9,15H2,(H,24,26)/b18-13-. The van der Waals surface area contributed by atoms with Gasteiger partial charge < -0.3 is 10.1 Å². The second kappa shape index (κ2) is 9.51. The van der Waals surface area contributed by atoms with Crippen LogP contribution in [0.2, 0.25) is 0 Å². The third-order valence-corrected chi connectivity index (χ3v) is 4.79. The topological polar surface area (TPSA) is 105 Å². The minimum Gasteiger partial charge on any atom is -0.488 e. The predicted octanol–water partition coefficient (Wildman–Crippen LogP) is 4.14. The summed E-state index contributed by atoms with van der Waals surface area (Å²) in [6.07, 6.45) is 5.56. The van der Waals surface area contributed by atoms with Gasteiger partial charge in [0.25, 0.3) is 11.6 Å². The van der Waals surface area contributed by atoms with Gasteiger partial charge in [0.05, 0.1) is 4.92 Å². The Hall–Kier alpha value is -3.66. The molecule has 1 N–H and O–H groups in total. The van der Waals surface area contributed by atoms with Crippen molar-refractivity contribution >= 4 is 17.7 Å². The first kappa shape index (κ1) is 20.1. The van der Waals surface area contributed by atoms with Crippen molar-refractivity contribution in [1.82, 2.24) is 5.32 Å². The summed E-state index contributed by atoms with van der Waals surface area (Å²) in [6, 6.07) is 15.4. The van der Waals surface area contributed by atoms with Crippen LogP contribution in [-0.4, -0.2) is 16.9 Å². The molecule has 0 aliphatic heterocycles. The monoisotopic (exact) mass is 391 g/mol. The molecular weight excluding hydrogens is 370 g/mol. The number of nitro groups is 1. The van der Waals surface area contributed by atoms with Crippen LogP contribution in [0.5, 0.6) is 5.75 Å². The molecule has 0 bridgehead atoms. The molecule has 2 aromatic rings. The van der Waals surface area contributed by atoms with Gasteiger partial charge in [0.15, 0.2) is 0 Å². The molecule has 1 saturated carbocycles. The van der Waals surface area contributed by atoms with E-state index < -0.39 is 4.92 Å². The van der Waals surface area contributed by atoms with Gasteiger partial charge in [-0.2, -0.15) is 5.26 Å². The van der Waals surface area contributed by atoms with Crippen LogP contribution in [0.25, 0.3) is 6.08 Å². The van der Waals surface area contributed by atoms with E-state index in [4.69, 9.17) is 4.74 Å². The van der Waals surface area contributed by atoms with Crippen LogP contribution in [-0.2, 0) is 11.4 Å². The van der Waals surface area contributed by atoms with E-state index in [1.807, 2.05) is 6.07 Å². The summed E-state index contributed by atoms with van der Waals surface area (Å²) in [5.41, 5.74) is 1.26. The van der Waals surface area contributed by atoms with Crippen molar-refractivity contribution in [2.24, 2.45) is 0 Å². The van der Waals surface area contributed by atoms with Crippen molar-refractivity contribution in [1.29, 1.82) is 5.26 Å². The zero-order valence-corrected chi connectivity index (χ0v) is 15.8. The summed E-state index contributed by atoms with van der Waals surface area (Å²) < 4.78 is 5.81. The molecule has 0 unspecified atom stereocenters. The normalized spacial score (nSPS) is 14.2. The van der Waals surface area contributed by atoms with Crippen molar-refractivity contribution in [3.05, 3.63) is 75.3 Å². The number of nitriles is 1. The molecule has 3 rings (SSSR count). The highest BCUT2D eigenvalue weighted by Crippen LogP contribution is 2.24. The van der Waals surface area contributed by atoms with Gasteiger partial charge in [-0.05, 0) is 30.5 Å². The molecule has 148 valence electrons. The van der Waals surface area contributed by atoms with Gasteiger partial charge in [0.1, 0.15) is 24.0 Å². The highest BCUT2D eigenvalue weighted by molar-refractivity contribution is 6.02. The van der Waals surface area contributed by atoms with Crippen LogP contribution >= 0.6 is 0 Å². The van der Waals surface area contributed by atoms with Gasteiger partial charge in [-0.3, -0.25) is 14.9 Å². The first-order chi connectivity index (χ1) is 14.1. The number of amides is 1. The molecule has 7 nitrogen and oxygen atoms in total. The summed E-state index contributed by atoms with van der Waals surface area (Å²) >= 11 is 0. The van der Waals surface area contributed by atoms with E-state index in [0.29, 0.717) is 16.9 Å². The fourth-order valence-electron chi connectivity index (χ4n) is 3.29. The van der Waals surface area contributed by atoms with Gasteiger partial charge in [-0.15, -0.1) is 0 Å². The van der Waals surface area contributed by atoms with Crippen molar-refractivity contribution in [2.45, 2.75) is 38.3 Å². The molecule has 1 aliphatic rings. The maximum absolute atomic E-state index is 12.4. The van der Waals surface area contributed by atoms with Crippen molar-refractivity contribution in [2.75, 3.05) is 0 Å². The number of carbonyl (C=O) groups excluding carboxylic acids is 1. The fourth-order valence-corrected chi connectivity index (χ4v) is 3.29. The number of hydrogen-bond donors (Lipinski definition) is 1. The van der Waals surface area contributed by atoms with E-state index >= 15 is 0 Å². The first-order valence-electron chi connectivity index (χ1n) is 9.44. The lowest BCUT2D eigenvalue weighted by Crippen LogP contribution is -2.33. The largest absolute Gasteiger partial charge is 0.488 e. The number of non-ortho nitro benzene ring substituents is 1. The van der Waals surface area contributed by atoms with E-state index in [-0.39, 0.29) is 29.8 Å². The van der Waals surface area contributed by atoms with Gasteiger partial charge in [0.2, 0.25) is 0 Å². The Morgan fingerprint density at radius 3 is 2.72 bits per heavy atom. The lowest BCUT2D eigenvalue weighted by atomic mass is 10.1. The zero-order valence-electron chi connectivity index (χ0n) is 15.8. The van der Waals surface area contributed by atoms with Crippen molar-refractivity contribution in [3.8, 4) is 11.8 Å². The Balaban J connectivity index is 1.74. The first-order valence-corrected chi connectivity index (χ1v) is 9.44. The fraction of sp³-hybridized carbons (Fsp3) is 0.273. The second-order valence-electron chi connectivity index (χ2n) is 6.88. The molecule has 2 aromatic carbocycles. The number of benzene rings is 2. The molecule has 29 heavy (non-hydrogen) atoms. The smallest absolute Gasteiger partial charge is 0.269 e. The number of carbonyl (C=O) groups is 1. The summed E-state index contributed by atoms with van der Waals surface area (Å²) in [5.74, 6) is 0.105. The molecule has 1 amide bonds. The quantitative estimate of drug-likeness (QED) is 0.330. The molecule has 0 saturated heterocycles. The lowest BCUT2D eigenvalue weighted by Gasteiger charge is -2.12. The Morgan fingerprint density at radius 1 is 1.24 bits per heavy atom. The Bertz CT molecular complexity index is 972. The van der Waals surface area contributed by atoms with Crippen LogP contribution in [0.1, 0.15) is 36.8 Å². The second-order valence-corrected chi connectivity index (χ2v) is 6.88. The Labute approximate surface area is 168 Å². The molecule has 7 heteroatoms. The molecule has 0 spiro atoms. The average Bonchev–Trinajstić information content (AvgIpc) is 3.24. The van der Waals surface area contributed by atoms with Crippen LogP contribution in [0.4, 0.5) is 5.69 Å². The number of para-hydroxylation sites is 1. The maximum Gasteiger partial charge on any atom is 0.269 e. The highest BCUT2D eigenvalue weighted by atomic mass is 16.6. The molecule has 1 fully saturated rings. The molecule has 1 aliphatic carbocycles.